The number of nitrogens with two attached hydrogens (primary N) is 1. The lowest BCUT2D eigenvalue weighted by Gasteiger charge is -2.11. The third-order valence-electron chi connectivity index (χ3n) is 2.08. The van der Waals surface area contributed by atoms with Crippen LogP contribution in [-0.4, -0.2) is 14.7 Å². The summed E-state index contributed by atoms with van der Waals surface area (Å²) >= 11 is 0. The van der Waals surface area contributed by atoms with Gasteiger partial charge >= 0.3 is 0 Å². The molecule has 0 bridgehead atoms. The van der Waals surface area contributed by atoms with E-state index in [1.165, 1.54) is 6.26 Å². The van der Waals surface area contributed by atoms with E-state index in [-0.39, 0.29) is 6.04 Å². The molecule has 0 fully saturated rings. The largest absolute Gasteiger partial charge is 0.271 e. The maximum Gasteiger partial charge on any atom is 0.175 e. The quantitative estimate of drug-likeness (QED) is 0.452. The average Bonchev–Trinajstić information content (AvgIpc) is 2.19. The van der Waals surface area contributed by atoms with Crippen LogP contribution in [0.4, 0.5) is 0 Å². The summed E-state index contributed by atoms with van der Waals surface area (Å²) in [5, 5.41) is 0. The van der Waals surface area contributed by atoms with Gasteiger partial charge in [-0.3, -0.25) is 5.84 Å². The van der Waals surface area contributed by atoms with Crippen LogP contribution in [0.2, 0.25) is 0 Å². The van der Waals surface area contributed by atoms with Crippen LogP contribution in [0.25, 0.3) is 0 Å². The highest BCUT2D eigenvalue weighted by Gasteiger charge is 2.08. The second-order valence-corrected chi connectivity index (χ2v) is 5.24. The average molecular weight is 226 g/mol. The summed E-state index contributed by atoms with van der Waals surface area (Å²) in [6, 6.07) is 6.36. The van der Waals surface area contributed by atoms with E-state index in [4.69, 9.17) is 5.84 Å². The van der Waals surface area contributed by atoms with Crippen molar-refractivity contribution in [1.29, 1.82) is 0 Å². The van der Waals surface area contributed by atoms with E-state index >= 15 is 0 Å². The smallest absolute Gasteiger partial charge is 0.175 e. The molecule has 1 rings (SSSR count). The fourth-order valence-corrected chi connectivity index (χ4v) is 1.85. The highest BCUT2D eigenvalue weighted by Crippen LogP contribution is 2.16. The van der Waals surface area contributed by atoms with Crippen molar-refractivity contribution in [2.45, 2.75) is 10.9 Å². The Hall–Kier alpha value is -1.17. The number of nitrogens with one attached hydrogen (secondary N) is 1. The third-order valence-corrected chi connectivity index (χ3v) is 3.21. The fourth-order valence-electron chi connectivity index (χ4n) is 1.22. The van der Waals surface area contributed by atoms with E-state index in [9.17, 15) is 8.42 Å². The molecule has 1 unspecified atom stereocenters. The van der Waals surface area contributed by atoms with Gasteiger partial charge in [-0.1, -0.05) is 18.2 Å². The molecule has 4 nitrogen and oxygen atoms in total. The predicted octanol–water partition coefficient (Wildman–Crippen LogP) is 0.780. The molecule has 0 saturated heterocycles. The molecule has 0 saturated carbocycles. The van der Waals surface area contributed by atoms with Gasteiger partial charge in [0, 0.05) is 6.26 Å². The standard InChI is InChI=1S/C10H14N2O2S/c1-3-10(12-11)8-4-6-9(7-5-8)15(2,13)14/h3-7,10,12H,1,11H2,2H3. The second kappa shape index (κ2) is 4.57. The molecule has 1 aromatic rings. The van der Waals surface area contributed by atoms with Crippen LogP contribution in [0, 0.1) is 0 Å². The van der Waals surface area contributed by atoms with Crippen molar-refractivity contribution in [3.8, 4) is 0 Å². The van der Waals surface area contributed by atoms with Gasteiger partial charge in [0.15, 0.2) is 9.84 Å². The molecule has 0 aliphatic heterocycles. The molecule has 15 heavy (non-hydrogen) atoms. The van der Waals surface area contributed by atoms with Crippen LogP contribution >= 0.6 is 0 Å². The van der Waals surface area contributed by atoms with E-state index in [0.29, 0.717) is 4.90 Å². The van der Waals surface area contributed by atoms with Gasteiger partial charge in [0.1, 0.15) is 0 Å². The number of rotatable bonds is 4. The predicted molar refractivity (Wildman–Crippen MR) is 59.8 cm³/mol. The Balaban J connectivity index is 3.05. The molecular formula is C10H14N2O2S. The summed E-state index contributed by atoms with van der Waals surface area (Å²) in [6.45, 7) is 3.62. The lowest BCUT2D eigenvalue weighted by molar-refractivity contribution is 0.601. The first-order valence-electron chi connectivity index (χ1n) is 4.37. The SMILES string of the molecule is C=CC(NN)c1ccc(S(C)(=O)=O)cc1. The van der Waals surface area contributed by atoms with Gasteiger partial charge in [0.25, 0.3) is 0 Å². The monoisotopic (exact) mass is 226 g/mol. The first-order chi connectivity index (χ1) is 6.99. The normalized spacial score (nSPS) is 13.5. The maximum atomic E-state index is 11.2. The molecule has 1 aromatic carbocycles. The lowest BCUT2D eigenvalue weighted by Crippen LogP contribution is -2.26. The van der Waals surface area contributed by atoms with Gasteiger partial charge in [0.05, 0.1) is 10.9 Å². The highest BCUT2D eigenvalue weighted by atomic mass is 32.2. The minimum atomic E-state index is -3.14. The zero-order valence-electron chi connectivity index (χ0n) is 8.47. The Kier molecular flexibility index (Phi) is 3.62. The summed E-state index contributed by atoms with van der Waals surface area (Å²) in [4.78, 5) is 0.297. The molecule has 1 atom stereocenters. The zero-order valence-corrected chi connectivity index (χ0v) is 9.29. The number of hydrazine groups is 1. The fraction of sp³-hybridized carbons (Fsp3) is 0.200. The van der Waals surface area contributed by atoms with Crippen LogP contribution in [0.5, 0.6) is 0 Å². The molecule has 82 valence electrons. The first-order valence-corrected chi connectivity index (χ1v) is 6.27. The van der Waals surface area contributed by atoms with Crippen molar-refractivity contribution in [2.24, 2.45) is 5.84 Å². The third kappa shape index (κ3) is 2.89. The summed E-state index contributed by atoms with van der Waals surface area (Å²) in [5.41, 5.74) is 3.43. The summed E-state index contributed by atoms with van der Waals surface area (Å²) in [6.07, 6.45) is 2.82. The van der Waals surface area contributed by atoms with Crippen molar-refractivity contribution < 1.29 is 8.42 Å². The molecule has 0 aromatic heterocycles. The van der Waals surface area contributed by atoms with E-state index < -0.39 is 9.84 Å². The Morgan fingerprint density at radius 1 is 1.40 bits per heavy atom. The van der Waals surface area contributed by atoms with Crippen molar-refractivity contribution in [3.63, 3.8) is 0 Å². The molecule has 3 N–H and O–H groups in total. The van der Waals surface area contributed by atoms with Crippen molar-refractivity contribution >= 4 is 9.84 Å². The van der Waals surface area contributed by atoms with E-state index in [1.54, 1.807) is 30.3 Å². The van der Waals surface area contributed by atoms with Gasteiger partial charge < -0.3 is 0 Å². The number of sulfone groups is 1. The van der Waals surface area contributed by atoms with Crippen molar-refractivity contribution in [1.82, 2.24) is 5.43 Å². The Morgan fingerprint density at radius 3 is 2.27 bits per heavy atom. The molecule has 0 radical (unpaired) electrons. The highest BCUT2D eigenvalue weighted by molar-refractivity contribution is 7.90. The molecule has 0 aliphatic rings. The minimum Gasteiger partial charge on any atom is -0.271 e. The van der Waals surface area contributed by atoms with Crippen molar-refractivity contribution in [2.75, 3.05) is 6.26 Å². The summed E-state index contributed by atoms with van der Waals surface area (Å²) < 4.78 is 22.4. The van der Waals surface area contributed by atoms with Crippen LogP contribution in [0.1, 0.15) is 11.6 Å². The Bertz CT molecular complexity index is 437. The maximum absolute atomic E-state index is 11.2. The van der Waals surface area contributed by atoms with E-state index in [1.807, 2.05) is 0 Å². The number of hydrogen-bond acceptors (Lipinski definition) is 4. The summed E-state index contributed by atoms with van der Waals surface area (Å²) in [7, 11) is -3.14. The van der Waals surface area contributed by atoms with Gasteiger partial charge in [0.2, 0.25) is 0 Å². The van der Waals surface area contributed by atoms with Crippen LogP contribution in [-0.2, 0) is 9.84 Å². The molecule has 0 heterocycles. The van der Waals surface area contributed by atoms with Gasteiger partial charge in [-0.2, -0.15) is 0 Å². The first kappa shape index (κ1) is 11.9. The van der Waals surface area contributed by atoms with Crippen molar-refractivity contribution in [3.05, 3.63) is 42.5 Å². The Morgan fingerprint density at radius 2 is 1.93 bits per heavy atom. The zero-order chi connectivity index (χ0) is 11.5. The number of hydrogen-bond donors (Lipinski definition) is 2. The second-order valence-electron chi connectivity index (χ2n) is 3.22. The summed E-state index contributed by atoms with van der Waals surface area (Å²) in [5.74, 6) is 5.30. The van der Waals surface area contributed by atoms with E-state index in [0.717, 1.165) is 5.56 Å². The van der Waals surface area contributed by atoms with E-state index in [2.05, 4.69) is 12.0 Å². The Labute approximate surface area is 89.7 Å². The van der Waals surface area contributed by atoms with Gasteiger partial charge in [-0.25, -0.2) is 13.8 Å². The van der Waals surface area contributed by atoms with Crippen LogP contribution < -0.4 is 11.3 Å². The molecular weight excluding hydrogens is 212 g/mol. The van der Waals surface area contributed by atoms with Crippen LogP contribution in [0.3, 0.4) is 0 Å². The van der Waals surface area contributed by atoms with Crippen LogP contribution in [0.15, 0.2) is 41.8 Å². The molecule has 0 aliphatic carbocycles. The minimum absolute atomic E-state index is 0.168. The molecule has 5 heteroatoms. The van der Waals surface area contributed by atoms with Gasteiger partial charge in [-0.05, 0) is 17.7 Å². The topological polar surface area (TPSA) is 72.2 Å². The lowest BCUT2D eigenvalue weighted by atomic mass is 10.1. The molecule has 0 spiro atoms. The molecule has 0 amide bonds. The number of benzene rings is 1. The van der Waals surface area contributed by atoms with Gasteiger partial charge in [-0.15, -0.1) is 6.58 Å².